The van der Waals surface area contributed by atoms with Gasteiger partial charge in [-0.25, -0.2) is 4.79 Å². The molecule has 5 nitrogen and oxygen atoms in total. The lowest BCUT2D eigenvalue weighted by Gasteiger charge is -2.08. The largest absolute Gasteiger partial charge is 0.338 e. The molecule has 1 aromatic carbocycles. The minimum absolute atomic E-state index is 0.115. The Balaban J connectivity index is 2.29. The van der Waals surface area contributed by atoms with Gasteiger partial charge in [0.15, 0.2) is 0 Å². The first kappa shape index (κ1) is 16.0. The van der Waals surface area contributed by atoms with Crippen LogP contribution in [0, 0.1) is 0 Å². The Kier molecular flexibility index (Phi) is 7.17. The third-order valence-corrected chi connectivity index (χ3v) is 2.78. The zero-order chi connectivity index (χ0) is 14.8. The van der Waals surface area contributed by atoms with Gasteiger partial charge in [-0.2, -0.15) is 0 Å². The maximum Gasteiger partial charge on any atom is 0.319 e. The molecule has 0 saturated heterocycles. The third-order valence-electron chi connectivity index (χ3n) is 2.78. The van der Waals surface area contributed by atoms with Crippen molar-refractivity contribution in [1.29, 1.82) is 0 Å². The lowest BCUT2D eigenvalue weighted by molar-refractivity contribution is -0.114. The van der Waals surface area contributed by atoms with Gasteiger partial charge in [0.05, 0.1) is 0 Å². The standard InChI is InChI=1S/C15H23N3O2/c1-3-4-5-6-11-16-15(20)18-14-9-7-13(8-10-14)17-12(2)19/h7-10H,3-6,11H2,1-2H3,(H,17,19)(H2,16,18,20). The highest BCUT2D eigenvalue weighted by atomic mass is 16.2. The van der Waals surface area contributed by atoms with Gasteiger partial charge in [-0.15, -0.1) is 0 Å². The number of rotatable bonds is 7. The molecule has 1 rings (SSSR count). The van der Waals surface area contributed by atoms with Gasteiger partial charge < -0.3 is 16.0 Å². The highest BCUT2D eigenvalue weighted by Gasteiger charge is 2.01. The zero-order valence-corrected chi connectivity index (χ0v) is 12.2. The minimum atomic E-state index is -0.200. The van der Waals surface area contributed by atoms with Crippen molar-refractivity contribution in [2.45, 2.75) is 39.5 Å². The van der Waals surface area contributed by atoms with E-state index in [-0.39, 0.29) is 11.9 Å². The molecule has 3 amide bonds. The molecule has 0 aromatic heterocycles. The van der Waals surface area contributed by atoms with Gasteiger partial charge in [0, 0.05) is 24.8 Å². The summed E-state index contributed by atoms with van der Waals surface area (Å²) in [6.45, 7) is 4.30. The first-order valence-corrected chi connectivity index (χ1v) is 7.04. The van der Waals surface area contributed by atoms with Crippen LogP contribution in [0.3, 0.4) is 0 Å². The quantitative estimate of drug-likeness (QED) is 0.669. The molecule has 0 aliphatic carbocycles. The summed E-state index contributed by atoms with van der Waals surface area (Å²) >= 11 is 0. The normalized spacial score (nSPS) is 9.90. The fourth-order valence-electron chi connectivity index (χ4n) is 1.77. The Labute approximate surface area is 120 Å². The molecule has 0 spiro atoms. The average Bonchev–Trinajstić information content (AvgIpc) is 2.40. The van der Waals surface area contributed by atoms with Gasteiger partial charge in [-0.3, -0.25) is 4.79 Å². The second kappa shape index (κ2) is 8.96. The monoisotopic (exact) mass is 277 g/mol. The van der Waals surface area contributed by atoms with E-state index in [0.29, 0.717) is 17.9 Å². The van der Waals surface area contributed by atoms with Crippen LogP contribution in [0.15, 0.2) is 24.3 Å². The summed E-state index contributed by atoms with van der Waals surface area (Å²) in [4.78, 5) is 22.5. The highest BCUT2D eigenvalue weighted by molar-refractivity contribution is 5.91. The molecule has 0 aliphatic rings. The van der Waals surface area contributed by atoms with E-state index in [9.17, 15) is 9.59 Å². The molecule has 5 heteroatoms. The molecule has 0 radical (unpaired) electrons. The number of unbranched alkanes of at least 4 members (excludes halogenated alkanes) is 3. The molecule has 0 aliphatic heterocycles. The van der Waals surface area contributed by atoms with E-state index in [1.54, 1.807) is 24.3 Å². The molecule has 1 aromatic rings. The fraction of sp³-hybridized carbons (Fsp3) is 0.467. The van der Waals surface area contributed by atoms with Crippen LogP contribution in [0.1, 0.15) is 39.5 Å². The first-order chi connectivity index (χ1) is 9.61. The van der Waals surface area contributed by atoms with Gasteiger partial charge in [0.1, 0.15) is 0 Å². The SMILES string of the molecule is CCCCCCNC(=O)Nc1ccc(NC(C)=O)cc1. The number of nitrogens with one attached hydrogen (secondary N) is 3. The molecule has 0 atom stereocenters. The van der Waals surface area contributed by atoms with Gasteiger partial charge >= 0.3 is 6.03 Å². The lowest BCUT2D eigenvalue weighted by atomic mass is 10.2. The number of amides is 3. The van der Waals surface area contributed by atoms with Gasteiger partial charge in [-0.05, 0) is 30.7 Å². The van der Waals surface area contributed by atoms with Crippen LogP contribution in [0.25, 0.3) is 0 Å². The Hall–Kier alpha value is -2.04. The molecule has 20 heavy (non-hydrogen) atoms. The van der Waals surface area contributed by atoms with E-state index in [1.807, 2.05) is 0 Å². The maximum atomic E-state index is 11.6. The summed E-state index contributed by atoms with van der Waals surface area (Å²) in [6.07, 6.45) is 4.53. The van der Waals surface area contributed by atoms with Crippen molar-refractivity contribution in [2.75, 3.05) is 17.2 Å². The van der Waals surface area contributed by atoms with E-state index in [1.165, 1.54) is 19.8 Å². The maximum absolute atomic E-state index is 11.6. The van der Waals surface area contributed by atoms with Crippen LogP contribution >= 0.6 is 0 Å². The lowest BCUT2D eigenvalue weighted by Crippen LogP contribution is -2.29. The van der Waals surface area contributed by atoms with Crippen LogP contribution < -0.4 is 16.0 Å². The van der Waals surface area contributed by atoms with E-state index >= 15 is 0 Å². The van der Waals surface area contributed by atoms with Crippen molar-refractivity contribution >= 4 is 23.3 Å². The van der Waals surface area contributed by atoms with Crippen molar-refractivity contribution in [3.05, 3.63) is 24.3 Å². The van der Waals surface area contributed by atoms with Crippen molar-refractivity contribution in [2.24, 2.45) is 0 Å². The molecule has 0 heterocycles. The summed E-state index contributed by atoms with van der Waals surface area (Å²) < 4.78 is 0. The molecule has 0 unspecified atom stereocenters. The van der Waals surface area contributed by atoms with Crippen LogP contribution in [0.4, 0.5) is 16.2 Å². The van der Waals surface area contributed by atoms with Gasteiger partial charge in [0.25, 0.3) is 0 Å². The highest BCUT2D eigenvalue weighted by Crippen LogP contribution is 2.13. The van der Waals surface area contributed by atoms with Crippen molar-refractivity contribution in [3.63, 3.8) is 0 Å². The molecule has 0 fully saturated rings. The number of carbonyl (C=O) groups excluding carboxylic acids is 2. The van der Waals surface area contributed by atoms with E-state index in [2.05, 4.69) is 22.9 Å². The second-order valence-corrected chi connectivity index (χ2v) is 4.70. The van der Waals surface area contributed by atoms with Crippen LogP contribution in [0.2, 0.25) is 0 Å². The van der Waals surface area contributed by atoms with Crippen molar-refractivity contribution in [1.82, 2.24) is 5.32 Å². The minimum Gasteiger partial charge on any atom is -0.338 e. The molecular weight excluding hydrogens is 254 g/mol. The predicted molar refractivity (Wildman–Crippen MR) is 81.9 cm³/mol. The number of hydrogen-bond acceptors (Lipinski definition) is 2. The van der Waals surface area contributed by atoms with Crippen molar-refractivity contribution < 1.29 is 9.59 Å². The zero-order valence-electron chi connectivity index (χ0n) is 12.2. The third kappa shape index (κ3) is 6.78. The van der Waals surface area contributed by atoms with E-state index < -0.39 is 0 Å². The fourth-order valence-corrected chi connectivity index (χ4v) is 1.77. The number of anilines is 2. The van der Waals surface area contributed by atoms with Gasteiger partial charge in [0.2, 0.25) is 5.91 Å². The summed E-state index contributed by atoms with van der Waals surface area (Å²) in [6, 6.07) is 6.80. The predicted octanol–water partition coefficient (Wildman–Crippen LogP) is 3.35. The van der Waals surface area contributed by atoms with Crippen LogP contribution in [0.5, 0.6) is 0 Å². The number of benzene rings is 1. The molecule has 0 bridgehead atoms. The number of urea groups is 1. The topological polar surface area (TPSA) is 70.2 Å². The smallest absolute Gasteiger partial charge is 0.319 e. The van der Waals surface area contributed by atoms with Crippen LogP contribution in [-0.4, -0.2) is 18.5 Å². The van der Waals surface area contributed by atoms with E-state index in [0.717, 1.165) is 12.8 Å². The van der Waals surface area contributed by atoms with Crippen molar-refractivity contribution in [3.8, 4) is 0 Å². The Morgan fingerprint density at radius 2 is 1.55 bits per heavy atom. The number of hydrogen-bond donors (Lipinski definition) is 3. The van der Waals surface area contributed by atoms with Gasteiger partial charge in [-0.1, -0.05) is 26.2 Å². The summed E-state index contributed by atoms with van der Waals surface area (Å²) in [5.74, 6) is -0.115. The molecule has 110 valence electrons. The molecule has 0 saturated carbocycles. The summed E-state index contributed by atoms with van der Waals surface area (Å²) in [5.41, 5.74) is 1.41. The Morgan fingerprint density at radius 1 is 0.950 bits per heavy atom. The Bertz CT molecular complexity index is 429. The molecule has 3 N–H and O–H groups in total. The number of carbonyl (C=O) groups is 2. The Morgan fingerprint density at radius 3 is 2.10 bits per heavy atom. The van der Waals surface area contributed by atoms with Crippen LogP contribution in [-0.2, 0) is 4.79 Å². The summed E-state index contributed by atoms with van der Waals surface area (Å²) in [7, 11) is 0. The first-order valence-electron chi connectivity index (χ1n) is 7.04. The van der Waals surface area contributed by atoms with E-state index in [4.69, 9.17) is 0 Å². The summed E-state index contributed by atoms with van der Waals surface area (Å²) in [5, 5.41) is 8.24. The molecular formula is C15H23N3O2. The average molecular weight is 277 g/mol. The second-order valence-electron chi connectivity index (χ2n) is 4.70.